The van der Waals surface area contributed by atoms with Crippen LogP contribution in [0.3, 0.4) is 0 Å². The van der Waals surface area contributed by atoms with Crippen molar-refractivity contribution in [2.24, 2.45) is 5.92 Å². The summed E-state index contributed by atoms with van der Waals surface area (Å²) in [5, 5.41) is 9.70. The number of amides is 1. The second kappa shape index (κ2) is 7.62. The molecule has 0 radical (unpaired) electrons. The van der Waals surface area contributed by atoms with Crippen molar-refractivity contribution in [3.05, 3.63) is 35.6 Å². The molecule has 2 heterocycles. The number of hydrogen-bond donors (Lipinski definition) is 1. The monoisotopic (exact) mass is 334 g/mol. The molecule has 2 fully saturated rings. The van der Waals surface area contributed by atoms with E-state index in [4.69, 9.17) is 0 Å². The number of aliphatic hydroxyl groups excluding tert-OH is 1. The number of likely N-dealkylation sites (tertiary alicyclic amines) is 2. The van der Waals surface area contributed by atoms with E-state index in [0.717, 1.165) is 50.9 Å². The highest BCUT2D eigenvalue weighted by molar-refractivity contribution is 5.82. The first-order chi connectivity index (χ1) is 11.5. The normalized spacial score (nSPS) is 24.3. The summed E-state index contributed by atoms with van der Waals surface area (Å²) in [4.78, 5) is 17.1. The van der Waals surface area contributed by atoms with E-state index >= 15 is 0 Å². The van der Waals surface area contributed by atoms with E-state index in [2.05, 4.69) is 4.90 Å². The minimum Gasteiger partial charge on any atom is -0.393 e. The first-order valence-electron chi connectivity index (χ1n) is 9.00. The molecule has 1 N–H and O–H groups in total. The third-order valence-electron chi connectivity index (χ3n) is 5.48. The average Bonchev–Trinajstić information content (AvgIpc) is 3.04. The summed E-state index contributed by atoms with van der Waals surface area (Å²) in [5.74, 6) is 0.306. The predicted molar refractivity (Wildman–Crippen MR) is 90.8 cm³/mol. The zero-order valence-corrected chi connectivity index (χ0v) is 14.3. The molecule has 2 aliphatic rings. The Kier molecular flexibility index (Phi) is 5.51. The van der Waals surface area contributed by atoms with Gasteiger partial charge in [0.05, 0.1) is 12.1 Å². The molecule has 2 aliphatic heterocycles. The van der Waals surface area contributed by atoms with E-state index in [9.17, 15) is 14.3 Å². The van der Waals surface area contributed by atoms with Crippen LogP contribution in [0.25, 0.3) is 0 Å². The maximum absolute atomic E-state index is 13.0. The fraction of sp³-hybridized carbons (Fsp3) is 0.632. The summed E-state index contributed by atoms with van der Waals surface area (Å²) in [6.45, 7) is 4.94. The fourth-order valence-electron chi connectivity index (χ4n) is 3.93. The van der Waals surface area contributed by atoms with Crippen molar-refractivity contribution in [2.45, 2.75) is 51.3 Å². The number of piperidine rings is 1. The molecule has 0 bridgehead atoms. The van der Waals surface area contributed by atoms with Gasteiger partial charge in [-0.3, -0.25) is 9.69 Å². The molecule has 3 rings (SSSR count). The standard InChI is InChI=1S/C19H27FN2O2/c1-14(23)16-8-11-21(12-9-16)19(24)18-3-2-10-22(18)13-15-4-6-17(20)7-5-15/h4-7,14,16,18,23H,2-3,8-13H2,1H3. The minimum absolute atomic E-state index is 0.0573. The van der Waals surface area contributed by atoms with Crippen molar-refractivity contribution in [1.29, 1.82) is 0 Å². The Bertz CT molecular complexity index is 553. The van der Waals surface area contributed by atoms with Gasteiger partial charge in [0.1, 0.15) is 5.82 Å². The molecule has 4 nitrogen and oxygen atoms in total. The topological polar surface area (TPSA) is 43.8 Å². The minimum atomic E-state index is -0.288. The molecule has 0 aliphatic carbocycles. The molecule has 1 aromatic rings. The molecule has 2 atom stereocenters. The van der Waals surface area contributed by atoms with Gasteiger partial charge in [0, 0.05) is 19.6 Å². The van der Waals surface area contributed by atoms with Gasteiger partial charge in [0.2, 0.25) is 5.91 Å². The van der Waals surface area contributed by atoms with Gasteiger partial charge >= 0.3 is 0 Å². The predicted octanol–water partition coefficient (Wildman–Crippen LogP) is 2.41. The maximum atomic E-state index is 13.0. The van der Waals surface area contributed by atoms with Crippen LogP contribution in [0.4, 0.5) is 4.39 Å². The molecule has 1 aromatic carbocycles. The summed E-state index contributed by atoms with van der Waals surface area (Å²) in [7, 11) is 0. The fourth-order valence-corrected chi connectivity index (χ4v) is 3.93. The molecule has 0 saturated carbocycles. The lowest BCUT2D eigenvalue weighted by Crippen LogP contribution is -2.49. The van der Waals surface area contributed by atoms with Crippen LogP contribution in [-0.4, -0.2) is 52.6 Å². The molecule has 132 valence electrons. The van der Waals surface area contributed by atoms with Crippen LogP contribution >= 0.6 is 0 Å². The van der Waals surface area contributed by atoms with Crippen molar-refractivity contribution in [3.8, 4) is 0 Å². The van der Waals surface area contributed by atoms with Crippen molar-refractivity contribution in [1.82, 2.24) is 9.80 Å². The number of hydrogen-bond acceptors (Lipinski definition) is 3. The Morgan fingerprint density at radius 2 is 1.88 bits per heavy atom. The lowest BCUT2D eigenvalue weighted by atomic mass is 9.92. The quantitative estimate of drug-likeness (QED) is 0.920. The SMILES string of the molecule is CC(O)C1CCN(C(=O)C2CCCN2Cc2ccc(F)cc2)CC1. The first-order valence-corrected chi connectivity index (χ1v) is 9.00. The van der Waals surface area contributed by atoms with E-state index in [-0.39, 0.29) is 23.9 Å². The second-order valence-corrected chi connectivity index (χ2v) is 7.16. The molecule has 2 unspecified atom stereocenters. The summed E-state index contributed by atoms with van der Waals surface area (Å²) in [5.41, 5.74) is 1.05. The van der Waals surface area contributed by atoms with Crippen LogP contribution < -0.4 is 0 Å². The zero-order chi connectivity index (χ0) is 17.1. The van der Waals surface area contributed by atoms with E-state index in [1.165, 1.54) is 12.1 Å². The van der Waals surface area contributed by atoms with E-state index in [1.54, 1.807) is 12.1 Å². The van der Waals surface area contributed by atoms with Crippen molar-refractivity contribution >= 4 is 5.91 Å². The Morgan fingerprint density at radius 3 is 2.50 bits per heavy atom. The van der Waals surface area contributed by atoms with E-state index in [0.29, 0.717) is 12.5 Å². The molecular formula is C19H27FN2O2. The molecule has 24 heavy (non-hydrogen) atoms. The lowest BCUT2D eigenvalue weighted by Gasteiger charge is -2.36. The molecule has 0 aromatic heterocycles. The van der Waals surface area contributed by atoms with Gasteiger partial charge in [0.25, 0.3) is 0 Å². The Morgan fingerprint density at radius 1 is 1.21 bits per heavy atom. The van der Waals surface area contributed by atoms with Crippen LogP contribution in [0.5, 0.6) is 0 Å². The largest absolute Gasteiger partial charge is 0.393 e. The molecule has 2 saturated heterocycles. The molecule has 5 heteroatoms. The number of carbonyl (C=O) groups is 1. The summed E-state index contributed by atoms with van der Waals surface area (Å²) >= 11 is 0. The number of rotatable bonds is 4. The van der Waals surface area contributed by atoms with Crippen molar-refractivity contribution < 1.29 is 14.3 Å². The zero-order valence-electron chi connectivity index (χ0n) is 14.3. The average molecular weight is 334 g/mol. The molecule has 1 amide bonds. The van der Waals surface area contributed by atoms with E-state index in [1.807, 2.05) is 11.8 Å². The van der Waals surface area contributed by atoms with Crippen LogP contribution in [0.15, 0.2) is 24.3 Å². The van der Waals surface area contributed by atoms with Crippen LogP contribution in [0.1, 0.15) is 38.2 Å². The Hall–Kier alpha value is -1.46. The van der Waals surface area contributed by atoms with Crippen LogP contribution in [-0.2, 0) is 11.3 Å². The van der Waals surface area contributed by atoms with Crippen LogP contribution in [0, 0.1) is 11.7 Å². The van der Waals surface area contributed by atoms with Gasteiger partial charge in [0.15, 0.2) is 0 Å². The number of carbonyl (C=O) groups excluding carboxylic acids is 1. The number of nitrogens with zero attached hydrogens (tertiary/aromatic N) is 2. The lowest BCUT2D eigenvalue weighted by molar-refractivity contribution is -0.138. The van der Waals surface area contributed by atoms with Gasteiger partial charge in [-0.2, -0.15) is 0 Å². The third-order valence-corrected chi connectivity index (χ3v) is 5.48. The molecule has 0 spiro atoms. The highest BCUT2D eigenvalue weighted by atomic mass is 19.1. The van der Waals surface area contributed by atoms with E-state index < -0.39 is 0 Å². The van der Waals surface area contributed by atoms with Gasteiger partial charge in [-0.05, 0) is 62.8 Å². The number of aliphatic hydroxyl groups is 1. The highest BCUT2D eigenvalue weighted by Gasteiger charge is 2.35. The smallest absolute Gasteiger partial charge is 0.239 e. The number of benzene rings is 1. The van der Waals surface area contributed by atoms with Gasteiger partial charge < -0.3 is 10.0 Å². The maximum Gasteiger partial charge on any atom is 0.239 e. The third kappa shape index (κ3) is 3.95. The first kappa shape index (κ1) is 17.4. The van der Waals surface area contributed by atoms with Gasteiger partial charge in [-0.15, -0.1) is 0 Å². The van der Waals surface area contributed by atoms with Gasteiger partial charge in [-0.25, -0.2) is 4.39 Å². The van der Waals surface area contributed by atoms with Crippen molar-refractivity contribution in [2.75, 3.05) is 19.6 Å². The number of halogens is 1. The highest BCUT2D eigenvalue weighted by Crippen LogP contribution is 2.26. The Labute approximate surface area is 143 Å². The van der Waals surface area contributed by atoms with Gasteiger partial charge in [-0.1, -0.05) is 12.1 Å². The summed E-state index contributed by atoms with van der Waals surface area (Å²) in [6, 6.07) is 6.48. The summed E-state index contributed by atoms with van der Waals surface area (Å²) < 4.78 is 13.0. The summed E-state index contributed by atoms with van der Waals surface area (Å²) in [6.07, 6.45) is 3.41. The van der Waals surface area contributed by atoms with Crippen LogP contribution in [0.2, 0.25) is 0 Å². The Balaban J connectivity index is 1.58. The molecular weight excluding hydrogens is 307 g/mol. The second-order valence-electron chi connectivity index (χ2n) is 7.16. The van der Waals surface area contributed by atoms with Crippen molar-refractivity contribution in [3.63, 3.8) is 0 Å².